The van der Waals surface area contributed by atoms with Crippen molar-refractivity contribution in [2.24, 2.45) is 5.92 Å². The second-order valence-electron chi connectivity index (χ2n) is 7.04. The maximum absolute atomic E-state index is 13.5. The van der Waals surface area contributed by atoms with Crippen molar-refractivity contribution in [3.05, 3.63) is 53.4 Å². The Kier molecular flexibility index (Phi) is 5.16. The van der Waals surface area contributed by atoms with Crippen molar-refractivity contribution in [3.63, 3.8) is 0 Å². The van der Waals surface area contributed by atoms with Crippen LogP contribution in [0.1, 0.15) is 23.5 Å². The normalized spacial score (nSPS) is 16.7. The van der Waals surface area contributed by atoms with Crippen molar-refractivity contribution in [3.8, 4) is 10.4 Å². The van der Waals surface area contributed by atoms with Gasteiger partial charge in [-0.25, -0.2) is 15.0 Å². The summed E-state index contributed by atoms with van der Waals surface area (Å²) in [5.41, 5.74) is -3.29. The number of benzene rings is 1. The van der Waals surface area contributed by atoms with Crippen LogP contribution in [-0.4, -0.2) is 26.2 Å². The van der Waals surface area contributed by atoms with Crippen molar-refractivity contribution in [1.82, 2.24) is 15.0 Å². The maximum atomic E-state index is 13.5. The molecule has 2 aromatic heterocycles. The fraction of sp³-hybridized carbons (Fsp3) is 0.316. The summed E-state index contributed by atoms with van der Waals surface area (Å²) in [7, 11) is 0. The van der Waals surface area contributed by atoms with Crippen LogP contribution < -0.4 is 5.32 Å². The topological polar surface area (TPSA) is 70.9 Å². The molecule has 0 radical (unpaired) electrons. The standard InChI is InChI=1S/C19H14F6N4OS/c20-18(21,22)14-6-7-26-16(29-14)28-12-3-1-2-10(8-12)13-9-27-15(31-13)17(30,11-4-5-11)19(23,24)25/h1-3,6-9,11,30H,4-5H2,(H,26,28,29). The van der Waals surface area contributed by atoms with E-state index in [9.17, 15) is 31.4 Å². The number of anilines is 2. The molecule has 0 spiro atoms. The second kappa shape index (κ2) is 7.45. The zero-order chi connectivity index (χ0) is 22.4. The fourth-order valence-electron chi connectivity index (χ4n) is 3.07. The smallest absolute Gasteiger partial charge is 0.374 e. The molecule has 5 nitrogen and oxygen atoms in total. The Hall–Kier alpha value is -2.73. The Morgan fingerprint density at radius 3 is 2.42 bits per heavy atom. The highest BCUT2D eigenvalue weighted by molar-refractivity contribution is 7.15. The SMILES string of the molecule is OC(c1ncc(-c2cccc(Nc3nccc(C(F)(F)F)n3)c2)s1)(C1CC1)C(F)(F)F. The number of nitrogens with zero attached hydrogens (tertiary/aromatic N) is 3. The molecule has 2 N–H and O–H groups in total. The first-order chi connectivity index (χ1) is 14.5. The molecule has 1 unspecified atom stereocenters. The van der Waals surface area contributed by atoms with E-state index in [-0.39, 0.29) is 18.8 Å². The van der Waals surface area contributed by atoms with Crippen molar-refractivity contribution in [1.29, 1.82) is 0 Å². The van der Waals surface area contributed by atoms with Crippen LogP contribution in [0.25, 0.3) is 10.4 Å². The number of hydrogen-bond donors (Lipinski definition) is 2. The van der Waals surface area contributed by atoms with E-state index in [4.69, 9.17) is 0 Å². The summed E-state index contributed by atoms with van der Waals surface area (Å²) < 4.78 is 79.0. The summed E-state index contributed by atoms with van der Waals surface area (Å²) in [5.74, 6) is -1.20. The van der Waals surface area contributed by atoms with Crippen LogP contribution in [0.15, 0.2) is 42.7 Å². The van der Waals surface area contributed by atoms with Gasteiger partial charge in [0, 0.05) is 24.0 Å². The third-order valence-electron chi connectivity index (χ3n) is 4.78. The molecule has 31 heavy (non-hydrogen) atoms. The predicted molar refractivity (Wildman–Crippen MR) is 101 cm³/mol. The summed E-state index contributed by atoms with van der Waals surface area (Å²) in [5, 5.41) is 12.6. The number of thiazole rings is 1. The van der Waals surface area contributed by atoms with Crippen molar-refractivity contribution in [2.45, 2.75) is 30.8 Å². The van der Waals surface area contributed by atoms with E-state index in [0.717, 1.165) is 23.6 Å². The Morgan fingerprint density at radius 1 is 1.03 bits per heavy atom. The zero-order valence-electron chi connectivity index (χ0n) is 15.5. The predicted octanol–water partition coefficient (Wildman–Crippen LogP) is 5.52. The van der Waals surface area contributed by atoms with Crippen LogP contribution in [0.2, 0.25) is 0 Å². The molecule has 4 rings (SSSR count). The fourth-order valence-corrected chi connectivity index (χ4v) is 4.17. The monoisotopic (exact) mass is 460 g/mol. The van der Waals surface area contributed by atoms with E-state index in [0.29, 0.717) is 16.1 Å². The van der Waals surface area contributed by atoms with Gasteiger partial charge in [0.25, 0.3) is 0 Å². The molecule has 1 atom stereocenters. The van der Waals surface area contributed by atoms with E-state index in [2.05, 4.69) is 20.3 Å². The molecular weight excluding hydrogens is 446 g/mol. The van der Waals surface area contributed by atoms with Gasteiger partial charge in [-0.1, -0.05) is 12.1 Å². The molecule has 0 saturated heterocycles. The van der Waals surface area contributed by atoms with Crippen molar-refractivity contribution >= 4 is 23.0 Å². The molecule has 0 amide bonds. The molecule has 1 aliphatic carbocycles. The third kappa shape index (κ3) is 4.22. The second-order valence-corrected chi connectivity index (χ2v) is 8.07. The van der Waals surface area contributed by atoms with Gasteiger partial charge in [0.15, 0.2) is 0 Å². The van der Waals surface area contributed by atoms with Gasteiger partial charge in [-0.05, 0) is 36.6 Å². The lowest BCUT2D eigenvalue weighted by Gasteiger charge is -2.28. The van der Waals surface area contributed by atoms with Crippen molar-refractivity contribution in [2.75, 3.05) is 5.32 Å². The molecular formula is C19H14F6N4OS. The lowest BCUT2D eigenvalue weighted by molar-refractivity contribution is -0.275. The lowest BCUT2D eigenvalue weighted by Crippen LogP contribution is -2.44. The van der Waals surface area contributed by atoms with Crippen LogP contribution in [0, 0.1) is 5.92 Å². The quantitative estimate of drug-likeness (QED) is 0.491. The Labute approximate surface area is 175 Å². The van der Waals surface area contributed by atoms with E-state index >= 15 is 0 Å². The average molecular weight is 460 g/mol. The minimum Gasteiger partial charge on any atom is -0.374 e. The van der Waals surface area contributed by atoms with Crippen LogP contribution in [-0.2, 0) is 11.8 Å². The molecule has 3 aromatic rings. The summed E-state index contributed by atoms with van der Waals surface area (Å²) in [4.78, 5) is 11.4. The van der Waals surface area contributed by atoms with E-state index in [1.165, 1.54) is 12.3 Å². The first-order valence-corrected chi connectivity index (χ1v) is 9.83. The third-order valence-corrected chi connectivity index (χ3v) is 5.95. The van der Waals surface area contributed by atoms with Crippen LogP contribution in [0.5, 0.6) is 0 Å². The van der Waals surface area contributed by atoms with Gasteiger partial charge in [-0.15, -0.1) is 11.3 Å². The average Bonchev–Trinajstić information content (AvgIpc) is 3.43. The molecule has 1 aromatic carbocycles. The molecule has 0 bridgehead atoms. The van der Waals surface area contributed by atoms with Gasteiger partial charge >= 0.3 is 12.4 Å². The number of halogens is 6. The zero-order valence-corrected chi connectivity index (χ0v) is 16.3. The molecule has 1 aliphatic rings. The number of rotatable bonds is 5. The number of nitrogens with one attached hydrogen (secondary N) is 1. The summed E-state index contributed by atoms with van der Waals surface area (Å²) >= 11 is 0.720. The highest BCUT2D eigenvalue weighted by Crippen LogP contribution is 2.55. The molecule has 1 fully saturated rings. The highest BCUT2D eigenvalue weighted by Gasteiger charge is 2.64. The van der Waals surface area contributed by atoms with Gasteiger partial charge in [0.05, 0.1) is 4.88 Å². The number of aliphatic hydroxyl groups is 1. The van der Waals surface area contributed by atoms with Gasteiger partial charge in [0.2, 0.25) is 11.5 Å². The minimum absolute atomic E-state index is 0.265. The first-order valence-electron chi connectivity index (χ1n) is 9.01. The lowest BCUT2D eigenvalue weighted by atomic mass is 9.98. The Bertz CT molecular complexity index is 1100. The molecule has 164 valence electrons. The minimum atomic E-state index is -4.85. The van der Waals surface area contributed by atoms with E-state index < -0.39 is 34.6 Å². The van der Waals surface area contributed by atoms with Crippen LogP contribution in [0.4, 0.5) is 38.0 Å². The van der Waals surface area contributed by atoms with E-state index in [1.807, 2.05) is 0 Å². The van der Waals surface area contributed by atoms with Crippen molar-refractivity contribution < 1.29 is 31.4 Å². The van der Waals surface area contributed by atoms with Crippen LogP contribution in [0.3, 0.4) is 0 Å². The summed E-state index contributed by atoms with van der Waals surface area (Å²) in [6.07, 6.45) is -6.75. The largest absolute Gasteiger partial charge is 0.433 e. The summed E-state index contributed by atoms with van der Waals surface area (Å²) in [6, 6.07) is 6.98. The number of aromatic nitrogens is 3. The van der Waals surface area contributed by atoms with Gasteiger partial charge in [0.1, 0.15) is 10.7 Å². The summed E-state index contributed by atoms with van der Waals surface area (Å²) in [6.45, 7) is 0. The molecule has 12 heteroatoms. The van der Waals surface area contributed by atoms with Gasteiger partial charge in [-0.2, -0.15) is 26.3 Å². The highest BCUT2D eigenvalue weighted by atomic mass is 32.1. The first kappa shape index (κ1) is 21.5. The Balaban J connectivity index is 1.60. The molecule has 2 heterocycles. The molecule has 0 aliphatic heterocycles. The van der Waals surface area contributed by atoms with Gasteiger partial charge < -0.3 is 10.4 Å². The van der Waals surface area contributed by atoms with Gasteiger partial charge in [-0.3, -0.25) is 0 Å². The maximum Gasteiger partial charge on any atom is 0.433 e. The Morgan fingerprint density at radius 2 is 1.77 bits per heavy atom. The number of hydrogen-bond acceptors (Lipinski definition) is 6. The molecule has 1 saturated carbocycles. The van der Waals surface area contributed by atoms with E-state index in [1.54, 1.807) is 18.2 Å². The van der Waals surface area contributed by atoms with Crippen LogP contribution >= 0.6 is 11.3 Å². The number of alkyl halides is 6.